The van der Waals surface area contributed by atoms with Crippen molar-refractivity contribution in [1.29, 1.82) is 0 Å². The summed E-state index contributed by atoms with van der Waals surface area (Å²) in [5.41, 5.74) is 5.66. The van der Waals surface area contributed by atoms with E-state index in [4.69, 9.17) is 0 Å². The van der Waals surface area contributed by atoms with E-state index < -0.39 is 0 Å². The van der Waals surface area contributed by atoms with Gasteiger partial charge in [-0.25, -0.2) is 0 Å². The number of carbonyl (C=O) groups is 1. The standard InChI is InChI=1S/C19H17NO2/c21-18-10-9-12-5-1-2-6-13(12)15(18)11-16-14-7-3-4-8-17(14)20-19(16)22/h3-4,7-11,21H,1-2,5-6H2,(H,20,22). The van der Waals surface area contributed by atoms with Gasteiger partial charge in [-0.2, -0.15) is 0 Å². The molecule has 0 unspecified atom stereocenters. The van der Waals surface area contributed by atoms with E-state index in [0.717, 1.165) is 36.1 Å². The van der Waals surface area contributed by atoms with Crippen LogP contribution < -0.4 is 5.32 Å². The third kappa shape index (κ3) is 2.01. The molecule has 0 saturated carbocycles. The zero-order valence-electron chi connectivity index (χ0n) is 12.2. The third-order valence-electron chi connectivity index (χ3n) is 4.55. The number of carbonyl (C=O) groups excluding carboxylic acids is 1. The molecule has 2 aromatic carbocycles. The fraction of sp³-hybridized carbons (Fsp3) is 0.211. The number of para-hydroxylation sites is 1. The van der Waals surface area contributed by atoms with Crippen LogP contribution in [-0.4, -0.2) is 11.0 Å². The van der Waals surface area contributed by atoms with Crippen LogP contribution in [0.1, 0.15) is 35.1 Å². The number of rotatable bonds is 1. The maximum absolute atomic E-state index is 12.3. The Kier molecular flexibility index (Phi) is 3.00. The summed E-state index contributed by atoms with van der Waals surface area (Å²) < 4.78 is 0. The van der Waals surface area contributed by atoms with Gasteiger partial charge in [0.2, 0.25) is 0 Å². The Morgan fingerprint density at radius 3 is 2.77 bits per heavy atom. The van der Waals surface area contributed by atoms with Gasteiger partial charge < -0.3 is 10.4 Å². The van der Waals surface area contributed by atoms with Crippen LogP contribution in [0, 0.1) is 0 Å². The van der Waals surface area contributed by atoms with E-state index in [1.165, 1.54) is 17.5 Å². The molecule has 1 aliphatic carbocycles. The van der Waals surface area contributed by atoms with E-state index in [-0.39, 0.29) is 11.7 Å². The van der Waals surface area contributed by atoms with Gasteiger partial charge in [-0.15, -0.1) is 0 Å². The number of benzene rings is 2. The van der Waals surface area contributed by atoms with Gasteiger partial charge in [-0.1, -0.05) is 24.3 Å². The number of hydrogen-bond acceptors (Lipinski definition) is 2. The van der Waals surface area contributed by atoms with Gasteiger partial charge in [-0.05, 0) is 55.0 Å². The van der Waals surface area contributed by atoms with Crippen molar-refractivity contribution >= 4 is 23.2 Å². The molecule has 0 spiro atoms. The molecule has 3 heteroatoms. The number of aryl methyl sites for hydroxylation is 1. The number of amides is 1. The summed E-state index contributed by atoms with van der Waals surface area (Å²) >= 11 is 0. The predicted molar refractivity (Wildman–Crippen MR) is 87.7 cm³/mol. The highest BCUT2D eigenvalue weighted by Crippen LogP contribution is 2.37. The normalized spacial score (nSPS) is 18.0. The second kappa shape index (κ2) is 5.02. The Hall–Kier alpha value is -2.55. The lowest BCUT2D eigenvalue weighted by Gasteiger charge is -2.19. The minimum absolute atomic E-state index is 0.103. The van der Waals surface area contributed by atoms with E-state index >= 15 is 0 Å². The van der Waals surface area contributed by atoms with Crippen molar-refractivity contribution in [2.45, 2.75) is 25.7 Å². The van der Waals surface area contributed by atoms with Gasteiger partial charge in [-0.3, -0.25) is 4.79 Å². The summed E-state index contributed by atoms with van der Waals surface area (Å²) in [5.74, 6) is 0.152. The van der Waals surface area contributed by atoms with Crippen LogP contribution >= 0.6 is 0 Å². The zero-order chi connectivity index (χ0) is 15.1. The average molecular weight is 291 g/mol. The molecule has 0 fully saturated rings. The molecule has 0 aromatic heterocycles. The molecule has 0 bridgehead atoms. The maximum atomic E-state index is 12.3. The fourth-order valence-electron chi connectivity index (χ4n) is 3.43. The van der Waals surface area contributed by atoms with Crippen molar-refractivity contribution in [2.75, 3.05) is 5.32 Å². The van der Waals surface area contributed by atoms with Crippen molar-refractivity contribution in [3.63, 3.8) is 0 Å². The Morgan fingerprint density at radius 2 is 1.86 bits per heavy atom. The van der Waals surface area contributed by atoms with Crippen LogP contribution in [0.4, 0.5) is 5.69 Å². The summed E-state index contributed by atoms with van der Waals surface area (Å²) in [6.07, 6.45) is 6.19. The Labute approximate surface area is 129 Å². The molecule has 0 atom stereocenters. The summed E-state index contributed by atoms with van der Waals surface area (Å²) in [7, 11) is 0. The lowest BCUT2D eigenvalue weighted by Crippen LogP contribution is -2.06. The number of nitrogens with one attached hydrogen (secondary N) is 1. The topological polar surface area (TPSA) is 49.3 Å². The third-order valence-corrected chi connectivity index (χ3v) is 4.55. The monoisotopic (exact) mass is 291 g/mol. The molecule has 2 N–H and O–H groups in total. The quantitative estimate of drug-likeness (QED) is 0.786. The van der Waals surface area contributed by atoms with Gasteiger partial charge >= 0.3 is 0 Å². The molecule has 4 rings (SSSR count). The molecule has 1 aliphatic heterocycles. The number of aromatic hydroxyl groups is 1. The highest BCUT2D eigenvalue weighted by Gasteiger charge is 2.25. The van der Waals surface area contributed by atoms with Crippen LogP contribution in [0.15, 0.2) is 36.4 Å². The van der Waals surface area contributed by atoms with E-state index in [2.05, 4.69) is 5.32 Å². The molecule has 0 radical (unpaired) electrons. The average Bonchev–Trinajstić information content (AvgIpc) is 2.86. The van der Waals surface area contributed by atoms with E-state index in [0.29, 0.717) is 5.57 Å². The Morgan fingerprint density at radius 1 is 1.05 bits per heavy atom. The molecule has 0 saturated heterocycles. The first-order chi connectivity index (χ1) is 10.7. The molecule has 22 heavy (non-hydrogen) atoms. The van der Waals surface area contributed by atoms with Crippen molar-refractivity contribution in [2.24, 2.45) is 0 Å². The van der Waals surface area contributed by atoms with Crippen LogP contribution in [0.25, 0.3) is 11.6 Å². The SMILES string of the molecule is O=C1Nc2ccccc2C1=Cc1c(O)ccc2c1CCCC2. The molecule has 1 heterocycles. The zero-order valence-corrected chi connectivity index (χ0v) is 12.2. The first-order valence-electron chi connectivity index (χ1n) is 7.70. The van der Waals surface area contributed by atoms with Crippen LogP contribution in [0.2, 0.25) is 0 Å². The molecular weight excluding hydrogens is 274 g/mol. The number of anilines is 1. The number of fused-ring (bicyclic) bond motifs is 2. The second-order valence-electron chi connectivity index (χ2n) is 5.90. The van der Waals surface area contributed by atoms with Crippen LogP contribution in [0.3, 0.4) is 0 Å². The summed E-state index contributed by atoms with van der Waals surface area (Å²) in [6.45, 7) is 0. The minimum Gasteiger partial charge on any atom is -0.507 e. The molecule has 2 aromatic rings. The highest BCUT2D eigenvalue weighted by atomic mass is 16.3. The van der Waals surface area contributed by atoms with Crippen LogP contribution in [-0.2, 0) is 17.6 Å². The Balaban J connectivity index is 1.89. The molecule has 110 valence electrons. The summed E-state index contributed by atoms with van der Waals surface area (Å²) in [6, 6.07) is 11.4. The maximum Gasteiger partial charge on any atom is 0.256 e. The van der Waals surface area contributed by atoms with E-state index in [1.54, 1.807) is 6.07 Å². The van der Waals surface area contributed by atoms with Crippen molar-refractivity contribution in [1.82, 2.24) is 0 Å². The van der Waals surface area contributed by atoms with Gasteiger partial charge in [0.15, 0.2) is 0 Å². The van der Waals surface area contributed by atoms with E-state index in [9.17, 15) is 9.90 Å². The Bertz CT molecular complexity index is 805. The minimum atomic E-state index is -0.103. The van der Waals surface area contributed by atoms with Crippen molar-refractivity contribution in [3.05, 3.63) is 58.7 Å². The lowest BCUT2D eigenvalue weighted by atomic mass is 9.87. The molecule has 3 nitrogen and oxygen atoms in total. The van der Waals surface area contributed by atoms with E-state index in [1.807, 2.05) is 36.4 Å². The number of phenols is 1. The van der Waals surface area contributed by atoms with Gasteiger partial charge in [0.1, 0.15) is 5.75 Å². The van der Waals surface area contributed by atoms with Crippen molar-refractivity contribution < 1.29 is 9.90 Å². The van der Waals surface area contributed by atoms with Gasteiger partial charge in [0.25, 0.3) is 5.91 Å². The summed E-state index contributed by atoms with van der Waals surface area (Å²) in [4.78, 5) is 12.3. The first-order valence-corrected chi connectivity index (χ1v) is 7.70. The predicted octanol–water partition coefficient (Wildman–Crippen LogP) is 3.76. The van der Waals surface area contributed by atoms with Gasteiger partial charge in [0.05, 0.1) is 0 Å². The highest BCUT2D eigenvalue weighted by molar-refractivity contribution is 6.35. The number of phenolic OH excluding ortho intramolecular Hbond substituents is 1. The van der Waals surface area contributed by atoms with Crippen molar-refractivity contribution in [3.8, 4) is 5.75 Å². The number of hydrogen-bond donors (Lipinski definition) is 2. The van der Waals surface area contributed by atoms with Crippen LogP contribution in [0.5, 0.6) is 5.75 Å². The smallest absolute Gasteiger partial charge is 0.256 e. The fourth-order valence-corrected chi connectivity index (χ4v) is 3.43. The first kappa shape index (κ1) is 13.1. The largest absolute Gasteiger partial charge is 0.507 e. The molecular formula is C19H17NO2. The van der Waals surface area contributed by atoms with Gasteiger partial charge in [0, 0.05) is 22.4 Å². The summed E-state index contributed by atoms with van der Waals surface area (Å²) in [5, 5.41) is 13.2. The molecule has 2 aliphatic rings. The second-order valence-corrected chi connectivity index (χ2v) is 5.90. The lowest BCUT2D eigenvalue weighted by molar-refractivity contribution is -0.110. The molecule has 1 amide bonds.